The van der Waals surface area contributed by atoms with Gasteiger partial charge in [-0.3, -0.25) is 0 Å². The van der Waals surface area contributed by atoms with Crippen LogP contribution in [0.25, 0.3) is 0 Å². The fraction of sp³-hybridized carbons (Fsp3) is 0.174. The van der Waals surface area contributed by atoms with Crippen LogP contribution in [0.5, 0.6) is 5.75 Å². The molecule has 0 aliphatic carbocycles. The van der Waals surface area contributed by atoms with E-state index in [0.717, 1.165) is 22.6 Å². The second-order valence-corrected chi connectivity index (χ2v) is 7.15. The Morgan fingerprint density at radius 3 is 2.14 bits per heavy atom. The SMILES string of the molecule is Cc1cc(C)cc(NC(=S)NCc2ccc(OCc3ccc(F)cc3)cc2)c1. The van der Waals surface area contributed by atoms with Crippen molar-refractivity contribution in [2.24, 2.45) is 0 Å². The zero-order valence-electron chi connectivity index (χ0n) is 16.0. The van der Waals surface area contributed by atoms with Crippen molar-refractivity contribution in [2.75, 3.05) is 5.32 Å². The minimum absolute atomic E-state index is 0.245. The van der Waals surface area contributed by atoms with Gasteiger partial charge in [0.2, 0.25) is 0 Å². The lowest BCUT2D eigenvalue weighted by molar-refractivity contribution is 0.306. The zero-order valence-corrected chi connectivity index (χ0v) is 16.8. The second-order valence-electron chi connectivity index (χ2n) is 6.74. The molecule has 0 bridgehead atoms. The van der Waals surface area contributed by atoms with Gasteiger partial charge in [0.25, 0.3) is 0 Å². The van der Waals surface area contributed by atoms with Crippen LogP contribution in [0.4, 0.5) is 10.1 Å². The van der Waals surface area contributed by atoms with Crippen LogP contribution in [0.3, 0.4) is 0 Å². The largest absolute Gasteiger partial charge is 0.489 e. The Bertz CT molecular complexity index is 920. The highest BCUT2D eigenvalue weighted by Gasteiger charge is 2.02. The highest BCUT2D eigenvalue weighted by molar-refractivity contribution is 7.80. The van der Waals surface area contributed by atoms with Gasteiger partial charge in [0.15, 0.2) is 5.11 Å². The molecule has 0 spiro atoms. The lowest BCUT2D eigenvalue weighted by atomic mass is 10.1. The van der Waals surface area contributed by atoms with Crippen molar-refractivity contribution in [2.45, 2.75) is 27.0 Å². The van der Waals surface area contributed by atoms with Crippen LogP contribution in [0.1, 0.15) is 22.3 Å². The third-order valence-corrected chi connectivity index (χ3v) is 4.42. The number of hydrogen-bond donors (Lipinski definition) is 2. The van der Waals surface area contributed by atoms with Gasteiger partial charge in [-0.1, -0.05) is 30.3 Å². The Balaban J connectivity index is 1.47. The summed E-state index contributed by atoms with van der Waals surface area (Å²) in [6, 6.07) is 20.4. The molecule has 0 amide bonds. The smallest absolute Gasteiger partial charge is 0.171 e. The van der Waals surface area contributed by atoms with E-state index in [0.29, 0.717) is 18.3 Å². The Labute approximate surface area is 170 Å². The minimum atomic E-state index is -0.245. The molecule has 0 aliphatic rings. The summed E-state index contributed by atoms with van der Waals surface area (Å²) in [6.45, 7) is 5.15. The third-order valence-electron chi connectivity index (χ3n) is 4.17. The van der Waals surface area contributed by atoms with Crippen molar-refractivity contribution < 1.29 is 9.13 Å². The van der Waals surface area contributed by atoms with Crippen molar-refractivity contribution in [3.05, 3.63) is 94.8 Å². The van der Waals surface area contributed by atoms with Crippen LogP contribution < -0.4 is 15.4 Å². The number of benzene rings is 3. The molecule has 0 heterocycles. The van der Waals surface area contributed by atoms with E-state index in [4.69, 9.17) is 17.0 Å². The van der Waals surface area contributed by atoms with E-state index in [9.17, 15) is 4.39 Å². The van der Waals surface area contributed by atoms with Crippen molar-refractivity contribution in [1.82, 2.24) is 5.32 Å². The lowest BCUT2D eigenvalue weighted by Crippen LogP contribution is -2.27. The molecule has 3 aromatic rings. The molecular formula is C23H23FN2OS. The first-order valence-corrected chi connectivity index (χ1v) is 9.48. The molecule has 28 heavy (non-hydrogen) atoms. The van der Waals surface area contributed by atoms with Gasteiger partial charge in [-0.2, -0.15) is 0 Å². The van der Waals surface area contributed by atoms with E-state index in [-0.39, 0.29) is 5.82 Å². The summed E-state index contributed by atoms with van der Waals surface area (Å²) in [7, 11) is 0. The average Bonchev–Trinajstić information content (AvgIpc) is 2.66. The van der Waals surface area contributed by atoms with Crippen molar-refractivity contribution >= 4 is 23.0 Å². The molecule has 5 heteroatoms. The van der Waals surface area contributed by atoms with Crippen LogP contribution in [-0.4, -0.2) is 5.11 Å². The summed E-state index contributed by atoms with van der Waals surface area (Å²) in [5.74, 6) is 0.523. The predicted octanol–water partition coefficient (Wildman–Crippen LogP) is 5.51. The van der Waals surface area contributed by atoms with Gasteiger partial charge in [0, 0.05) is 12.2 Å². The molecule has 3 aromatic carbocycles. The number of anilines is 1. The number of nitrogens with one attached hydrogen (secondary N) is 2. The Morgan fingerprint density at radius 1 is 0.893 bits per heavy atom. The fourth-order valence-corrected chi connectivity index (χ4v) is 3.05. The Hall–Kier alpha value is -2.92. The van der Waals surface area contributed by atoms with Gasteiger partial charge in [-0.25, -0.2) is 4.39 Å². The fourth-order valence-electron chi connectivity index (χ4n) is 2.86. The molecule has 0 atom stereocenters. The topological polar surface area (TPSA) is 33.3 Å². The number of rotatable bonds is 6. The molecule has 0 fully saturated rings. The summed E-state index contributed by atoms with van der Waals surface area (Å²) < 4.78 is 18.7. The molecule has 0 saturated heterocycles. The number of aryl methyl sites for hydroxylation is 2. The van der Waals surface area contributed by atoms with E-state index < -0.39 is 0 Å². The predicted molar refractivity (Wildman–Crippen MR) is 116 cm³/mol. The molecule has 3 rings (SSSR count). The van der Waals surface area contributed by atoms with Crippen LogP contribution in [0, 0.1) is 19.7 Å². The maximum absolute atomic E-state index is 12.9. The Morgan fingerprint density at radius 2 is 1.50 bits per heavy atom. The van der Waals surface area contributed by atoms with Gasteiger partial charge in [0.1, 0.15) is 18.2 Å². The van der Waals surface area contributed by atoms with Crippen LogP contribution in [0.15, 0.2) is 66.7 Å². The first-order chi connectivity index (χ1) is 13.5. The minimum Gasteiger partial charge on any atom is -0.489 e. The molecule has 0 saturated carbocycles. The van der Waals surface area contributed by atoms with E-state index in [1.54, 1.807) is 12.1 Å². The van der Waals surface area contributed by atoms with Gasteiger partial charge in [0.05, 0.1) is 0 Å². The molecular weight excluding hydrogens is 371 g/mol. The summed E-state index contributed by atoms with van der Waals surface area (Å²) >= 11 is 5.38. The summed E-state index contributed by atoms with van der Waals surface area (Å²) in [6.07, 6.45) is 0. The van der Waals surface area contributed by atoms with E-state index in [2.05, 4.69) is 42.7 Å². The molecule has 0 aliphatic heterocycles. The summed E-state index contributed by atoms with van der Waals surface area (Å²) in [4.78, 5) is 0. The second kappa shape index (κ2) is 9.33. The van der Waals surface area contributed by atoms with Gasteiger partial charge in [-0.15, -0.1) is 0 Å². The van der Waals surface area contributed by atoms with Gasteiger partial charge >= 0.3 is 0 Å². The standard InChI is InChI=1S/C23H23FN2OS/c1-16-11-17(2)13-21(12-16)26-23(28)25-14-18-5-9-22(10-6-18)27-15-19-3-7-20(24)8-4-19/h3-13H,14-15H2,1-2H3,(H2,25,26,28). The summed E-state index contributed by atoms with van der Waals surface area (Å²) in [5.41, 5.74) is 5.40. The quantitative estimate of drug-likeness (QED) is 0.540. The molecule has 3 nitrogen and oxygen atoms in total. The van der Waals surface area contributed by atoms with Gasteiger partial charge < -0.3 is 15.4 Å². The van der Waals surface area contributed by atoms with E-state index >= 15 is 0 Å². The third kappa shape index (κ3) is 6.06. The molecule has 144 valence electrons. The molecule has 0 radical (unpaired) electrons. The van der Waals surface area contributed by atoms with Crippen molar-refractivity contribution in [1.29, 1.82) is 0 Å². The number of thiocarbonyl (C=S) groups is 1. The molecule has 0 unspecified atom stereocenters. The highest BCUT2D eigenvalue weighted by atomic mass is 32.1. The first kappa shape index (κ1) is 19.8. The molecule has 0 aromatic heterocycles. The Kier molecular flexibility index (Phi) is 6.61. The number of ether oxygens (including phenoxy) is 1. The maximum atomic E-state index is 12.9. The van der Waals surface area contributed by atoms with Crippen LogP contribution in [0.2, 0.25) is 0 Å². The molecule has 2 N–H and O–H groups in total. The van der Waals surface area contributed by atoms with Gasteiger partial charge in [-0.05, 0) is 84.7 Å². The van der Waals surface area contributed by atoms with Crippen LogP contribution in [-0.2, 0) is 13.2 Å². The number of halogens is 1. The zero-order chi connectivity index (χ0) is 19.9. The lowest BCUT2D eigenvalue weighted by Gasteiger charge is -2.12. The van der Waals surface area contributed by atoms with E-state index in [1.165, 1.54) is 23.3 Å². The first-order valence-electron chi connectivity index (χ1n) is 9.07. The maximum Gasteiger partial charge on any atom is 0.171 e. The monoisotopic (exact) mass is 394 g/mol. The van der Waals surface area contributed by atoms with Crippen molar-refractivity contribution in [3.8, 4) is 5.75 Å². The van der Waals surface area contributed by atoms with Crippen LogP contribution >= 0.6 is 12.2 Å². The average molecular weight is 395 g/mol. The highest BCUT2D eigenvalue weighted by Crippen LogP contribution is 2.16. The summed E-state index contributed by atoms with van der Waals surface area (Å²) in [5, 5.41) is 7.01. The van der Waals surface area contributed by atoms with E-state index in [1.807, 2.05) is 24.3 Å². The van der Waals surface area contributed by atoms with Crippen molar-refractivity contribution in [3.63, 3.8) is 0 Å². The normalized spacial score (nSPS) is 10.4. The number of hydrogen-bond acceptors (Lipinski definition) is 2.